The molecule has 2 amide bonds. The van der Waals surface area contributed by atoms with Gasteiger partial charge in [-0.3, -0.25) is 0 Å². The van der Waals surface area contributed by atoms with Crippen LogP contribution in [0.25, 0.3) is 11.0 Å². The molecule has 0 spiro atoms. The van der Waals surface area contributed by atoms with Crippen molar-refractivity contribution in [3.63, 3.8) is 0 Å². The number of aryl methyl sites for hydroxylation is 1. The van der Waals surface area contributed by atoms with E-state index in [-0.39, 0.29) is 18.1 Å². The lowest BCUT2D eigenvalue weighted by molar-refractivity contribution is 0.0738. The summed E-state index contributed by atoms with van der Waals surface area (Å²) in [7, 11) is 0. The standard InChI is InChI=1S/C17H24N4O2/c1-11-5-3-7-14-16(11)20-15(19-14)9-18-17(23)21-8-4-6-13(10-21)12(2)22/h3,5,7,12-13,22H,4,6,8-10H2,1-2H3,(H,18,23)(H,19,20). The first-order valence-corrected chi connectivity index (χ1v) is 8.19. The number of benzene rings is 1. The number of nitrogens with zero attached hydrogens (tertiary/aromatic N) is 2. The number of para-hydroxylation sites is 1. The smallest absolute Gasteiger partial charge is 0.317 e. The van der Waals surface area contributed by atoms with Crippen molar-refractivity contribution in [1.29, 1.82) is 0 Å². The molecule has 2 unspecified atom stereocenters. The van der Waals surface area contributed by atoms with E-state index in [1.807, 2.05) is 25.1 Å². The van der Waals surface area contributed by atoms with Gasteiger partial charge in [-0.15, -0.1) is 0 Å². The molecule has 2 aromatic rings. The summed E-state index contributed by atoms with van der Waals surface area (Å²) < 4.78 is 0. The number of piperidine rings is 1. The summed E-state index contributed by atoms with van der Waals surface area (Å²) in [6.07, 6.45) is 1.54. The monoisotopic (exact) mass is 316 g/mol. The molecule has 1 fully saturated rings. The van der Waals surface area contributed by atoms with Crippen molar-refractivity contribution >= 4 is 17.1 Å². The van der Waals surface area contributed by atoms with Crippen LogP contribution in [-0.2, 0) is 6.54 Å². The number of likely N-dealkylation sites (tertiary alicyclic amines) is 1. The van der Waals surface area contributed by atoms with Crippen LogP contribution in [0.15, 0.2) is 18.2 Å². The van der Waals surface area contributed by atoms with Gasteiger partial charge < -0.3 is 20.3 Å². The molecule has 2 heterocycles. The van der Waals surface area contributed by atoms with Gasteiger partial charge in [0.05, 0.1) is 23.7 Å². The van der Waals surface area contributed by atoms with E-state index in [0.717, 1.165) is 41.8 Å². The summed E-state index contributed by atoms with van der Waals surface area (Å²) in [5, 5.41) is 12.6. The van der Waals surface area contributed by atoms with Crippen molar-refractivity contribution in [3.05, 3.63) is 29.6 Å². The molecule has 0 bridgehead atoms. The number of urea groups is 1. The maximum atomic E-state index is 12.3. The Morgan fingerprint density at radius 3 is 3.13 bits per heavy atom. The van der Waals surface area contributed by atoms with Crippen molar-refractivity contribution in [2.45, 2.75) is 39.3 Å². The third-order valence-corrected chi connectivity index (χ3v) is 4.60. The number of aliphatic hydroxyl groups excluding tert-OH is 1. The summed E-state index contributed by atoms with van der Waals surface area (Å²) >= 11 is 0. The third-order valence-electron chi connectivity index (χ3n) is 4.60. The fourth-order valence-electron chi connectivity index (χ4n) is 3.17. The summed E-state index contributed by atoms with van der Waals surface area (Å²) in [4.78, 5) is 21.9. The number of carbonyl (C=O) groups excluding carboxylic acids is 1. The maximum absolute atomic E-state index is 12.3. The average Bonchev–Trinajstić information content (AvgIpc) is 2.97. The van der Waals surface area contributed by atoms with Crippen LogP contribution in [0, 0.1) is 12.8 Å². The fraction of sp³-hybridized carbons (Fsp3) is 0.529. The molecule has 124 valence electrons. The van der Waals surface area contributed by atoms with Crippen molar-refractivity contribution in [2.75, 3.05) is 13.1 Å². The Morgan fingerprint density at radius 2 is 2.39 bits per heavy atom. The van der Waals surface area contributed by atoms with Crippen LogP contribution in [0.3, 0.4) is 0 Å². The van der Waals surface area contributed by atoms with E-state index in [2.05, 4.69) is 15.3 Å². The summed E-state index contributed by atoms with van der Waals surface area (Å²) in [6, 6.07) is 5.91. The molecule has 6 heteroatoms. The average molecular weight is 316 g/mol. The Morgan fingerprint density at radius 1 is 1.57 bits per heavy atom. The van der Waals surface area contributed by atoms with E-state index < -0.39 is 0 Å². The lowest BCUT2D eigenvalue weighted by Crippen LogP contribution is -2.47. The van der Waals surface area contributed by atoms with E-state index in [1.165, 1.54) is 0 Å². The molecule has 6 nitrogen and oxygen atoms in total. The first-order chi connectivity index (χ1) is 11.0. The minimum Gasteiger partial charge on any atom is -0.393 e. The van der Waals surface area contributed by atoms with E-state index in [4.69, 9.17) is 0 Å². The highest BCUT2D eigenvalue weighted by Crippen LogP contribution is 2.20. The number of aromatic amines is 1. The van der Waals surface area contributed by atoms with E-state index in [1.54, 1.807) is 11.8 Å². The predicted molar refractivity (Wildman–Crippen MR) is 89.0 cm³/mol. The largest absolute Gasteiger partial charge is 0.393 e. The molecule has 0 aliphatic carbocycles. The van der Waals surface area contributed by atoms with Crippen molar-refractivity contribution < 1.29 is 9.90 Å². The third kappa shape index (κ3) is 3.47. The van der Waals surface area contributed by atoms with Gasteiger partial charge in [0.25, 0.3) is 0 Å². The highest BCUT2D eigenvalue weighted by molar-refractivity contribution is 5.79. The number of hydrogen-bond acceptors (Lipinski definition) is 3. The zero-order valence-corrected chi connectivity index (χ0v) is 13.7. The zero-order chi connectivity index (χ0) is 16.4. The van der Waals surface area contributed by atoms with Gasteiger partial charge in [0.15, 0.2) is 0 Å². The number of nitrogens with one attached hydrogen (secondary N) is 2. The minimum atomic E-state index is -0.371. The molecule has 1 aliphatic heterocycles. The molecule has 0 saturated carbocycles. The number of aliphatic hydroxyl groups is 1. The van der Waals surface area contributed by atoms with Gasteiger partial charge in [0.2, 0.25) is 0 Å². The Hall–Kier alpha value is -2.08. The summed E-state index contributed by atoms with van der Waals surface area (Å²) in [5.41, 5.74) is 3.05. The number of fused-ring (bicyclic) bond motifs is 1. The molecule has 0 radical (unpaired) electrons. The van der Waals surface area contributed by atoms with Gasteiger partial charge in [0.1, 0.15) is 5.82 Å². The van der Waals surface area contributed by atoms with Crippen LogP contribution in [0.4, 0.5) is 4.79 Å². The van der Waals surface area contributed by atoms with Crippen LogP contribution in [0.1, 0.15) is 31.2 Å². The molecule has 2 atom stereocenters. The Labute approximate surface area is 135 Å². The first-order valence-electron chi connectivity index (χ1n) is 8.19. The van der Waals surface area contributed by atoms with Crippen LogP contribution >= 0.6 is 0 Å². The van der Waals surface area contributed by atoms with Crippen molar-refractivity contribution in [3.8, 4) is 0 Å². The molecule has 3 rings (SSSR count). The normalized spacial score (nSPS) is 19.8. The molecule has 1 aliphatic rings. The second kappa shape index (κ2) is 6.58. The molecule has 23 heavy (non-hydrogen) atoms. The predicted octanol–water partition coefficient (Wildman–Crippen LogP) is 2.17. The van der Waals surface area contributed by atoms with Gasteiger partial charge in [-0.1, -0.05) is 12.1 Å². The number of carbonyl (C=O) groups is 1. The summed E-state index contributed by atoms with van der Waals surface area (Å²) in [5.74, 6) is 0.926. The number of hydrogen-bond donors (Lipinski definition) is 3. The lowest BCUT2D eigenvalue weighted by atomic mass is 9.94. The van der Waals surface area contributed by atoms with Gasteiger partial charge in [-0.05, 0) is 38.3 Å². The van der Waals surface area contributed by atoms with E-state index in [9.17, 15) is 9.90 Å². The Balaban J connectivity index is 1.60. The van der Waals surface area contributed by atoms with Gasteiger partial charge in [-0.2, -0.15) is 0 Å². The van der Waals surface area contributed by atoms with Crippen molar-refractivity contribution in [2.24, 2.45) is 5.92 Å². The van der Waals surface area contributed by atoms with E-state index in [0.29, 0.717) is 13.1 Å². The fourth-order valence-corrected chi connectivity index (χ4v) is 3.17. The van der Waals surface area contributed by atoms with Crippen LogP contribution in [0.2, 0.25) is 0 Å². The molecule has 1 saturated heterocycles. The molecular formula is C17H24N4O2. The van der Waals surface area contributed by atoms with Crippen LogP contribution in [0.5, 0.6) is 0 Å². The first kappa shape index (κ1) is 15.8. The zero-order valence-electron chi connectivity index (χ0n) is 13.7. The second-order valence-electron chi connectivity index (χ2n) is 6.40. The Kier molecular flexibility index (Phi) is 4.52. The number of aromatic nitrogens is 2. The lowest BCUT2D eigenvalue weighted by Gasteiger charge is -2.34. The van der Waals surface area contributed by atoms with Crippen LogP contribution < -0.4 is 5.32 Å². The minimum absolute atomic E-state index is 0.0903. The molecular weight excluding hydrogens is 292 g/mol. The molecule has 1 aromatic heterocycles. The van der Waals surface area contributed by atoms with E-state index >= 15 is 0 Å². The quantitative estimate of drug-likeness (QED) is 0.812. The number of H-pyrrole nitrogens is 1. The molecule has 3 N–H and O–H groups in total. The highest BCUT2D eigenvalue weighted by atomic mass is 16.3. The van der Waals surface area contributed by atoms with Gasteiger partial charge in [0, 0.05) is 19.0 Å². The van der Waals surface area contributed by atoms with Crippen LogP contribution in [-0.4, -0.2) is 45.2 Å². The van der Waals surface area contributed by atoms with Gasteiger partial charge in [-0.25, -0.2) is 9.78 Å². The molecule has 1 aromatic carbocycles. The SMILES string of the molecule is Cc1cccc2[nH]c(CNC(=O)N3CCCC(C(C)O)C3)nc12. The maximum Gasteiger partial charge on any atom is 0.317 e. The Bertz CT molecular complexity index is 695. The van der Waals surface area contributed by atoms with Gasteiger partial charge >= 0.3 is 6.03 Å². The summed E-state index contributed by atoms with van der Waals surface area (Å²) in [6.45, 7) is 5.55. The number of rotatable bonds is 3. The number of amides is 2. The topological polar surface area (TPSA) is 81.2 Å². The number of imidazole rings is 1. The second-order valence-corrected chi connectivity index (χ2v) is 6.40. The van der Waals surface area contributed by atoms with Crippen molar-refractivity contribution in [1.82, 2.24) is 20.2 Å². The highest BCUT2D eigenvalue weighted by Gasteiger charge is 2.26.